The Kier molecular flexibility index (Phi) is 5.16. The number of halogens is 1. The van der Waals surface area contributed by atoms with Crippen molar-refractivity contribution in [1.82, 2.24) is 9.88 Å². The van der Waals surface area contributed by atoms with E-state index < -0.39 is 0 Å². The van der Waals surface area contributed by atoms with E-state index in [2.05, 4.69) is 33.4 Å². The van der Waals surface area contributed by atoms with Crippen molar-refractivity contribution in [2.24, 2.45) is 0 Å². The van der Waals surface area contributed by atoms with Gasteiger partial charge >= 0.3 is 0 Å². The molecule has 1 aliphatic rings. The van der Waals surface area contributed by atoms with Gasteiger partial charge in [-0.25, -0.2) is 0 Å². The van der Waals surface area contributed by atoms with Crippen LogP contribution in [0.25, 0.3) is 10.9 Å². The van der Waals surface area contributed by atoms with Gasteiger partial charge in [-0.3, -0.25) is 9.69 Å². The van der Waals surface area contributed by atoms with Gasteiger partial charge in [0.2, 0.25) is 0 Å². The Hall–Kier alpha value is -2.34. The van der Waals surface area contributed by atoms with Crippen molar-refractivity contribution in [2.75, 3.05) is 31.6 Å². The number of anilines is 1. The minimum absolute atomic E-state index is 0.180. The summed E-state index contributed by atoms with van der Waals surface area (Å²) in [5, 5.41) is 4.54. The highest BCUT2D eigenvalue weighted by atomic mass is 35.5. The average Bonchev–Trinajstić information content (AvgIpc) is 3.02. The number of carbonyl (C=O) groups is 1. The van der Waals surface area contributed by atoms with Crippen LogP contribution < -0.4 is 5.32 Å². The van der Waals surface area contributed by atoms with Crippen LogP contribution in [0, 0.1) is 6.92 Å². The van der Waals surface area contributed by atoms with Crippen LogP contribution in [0.15, 0.2) is 42.5 Å². The Morgan fingerprint density at radius 3 is 2.78 bits per heavy atom. The van der Waals surface area contributed by atoms with Gasteiger partial charge in [-0.1, -0.05) is 35.9 Å². The molecule has 1 saturated heterocycles. The summed E-state index contributed by atoms with van der Waals surface area (Å²) >= 11 is 6.20. The van der Waals surface area contributed by atoms with E-state index in [0.717, 1.165) is 48.3 Å². The molecule has 5 nitrogen and oxygen atoms in total. The van der Waals surface area contributed by atoms with E-state index in [1.807, 2.05) is 19.1 Å². The summed E-state index contributed by atoms with van der Waals surface area (Å²) in [4.78, 5) is 18.7. The maximum absolute atomic E-state index is 13.0. The Morgan fingerprint density at radius 2 is 2.00 bits per heavy atom. The van der Waals surface area contributed by atoms with Crippen LogP contribution in [-0.4, -0.2) is 42.1 Å². The number of nitrogens with one attached hydrogen (secondary N) is 2. The number of benzene rings is 2. The lowest BCUT2D eigenvalue weighted by atomic mass is 10.1. The van der Waals surface area contributed by atoms with Crippen molar-refractivity contribution in [1.29, 1.82) is 0 Å². The maximum atomic E-state index is 13.0. The minimum Gasteiger partial charge on any atom is -0.379 e. The number of carbonyl (C=O) groups excluding carboxylic acids is 1. The summed E-state index contributed by atoms with van der Waals surface area (Å²) < 4.78 is 5.45. The Balaban J connectivity index is 1.70. The second-order valence-electron chi connectivity index (χ2n) is 6.85. The third kappa shape index (κ3) is 3.86. The maximum Gasteiger partial charge on any atom is 0.272 e. The quantitative estimate of drug-likeness (QED) is 0.709. The second-order valence-corrected chi connectivity index (χ2v) is 7.26. The summed E-state index contributed by atoms with van der Waals surface area (Å²) in [6.07, 6.45) is 0. The Morgan fingerprint density at radius 1 is 1.22 bits per heavy atom. The minimum atomic E-state index is -0.180. The molecular formula is C21H22ClN3O2. The topological polar surface area (TPSA) is 57.4 Å². The molecule has 1 aromatic heterocycles. The van der Waals surface area contributed by atoms with Crippen molar-refractivity contribution in [3.05, 3.63) is 64.3 Å². The molecule has 0 saturated carbocycles. The molecule has 1 aliphatic heterocycles. The van der Waals surface area contributed by atoms with Crippen LogP contribution in [0.1, 0.15) is 21.6 Å². The SMILES string of the molecule is Cc1ccc2c(CN3CCOCC3)c(C(=O)Nc3ccccc3Cl)[nH]c2c1. The number of morpholine rings is 1. The number of aromatic nitrogens is 1. The van der Waals surface area contributed by atoms with E-state index in [4.69, 9.17) is 16.3 Å². The lowest BCUT2D eigenvalue weighted by Gasteiger charge is -2.26. The van der Waals surface area contributed by atoms with Gasteiger partial charge in [0.15, 0.2) is 0 Å². The number of amides is 1. The molecule has 6 heteroatoms. The van der Waals surface area contributed by atoms with E-state index in [-0.39, 0.29) is 5.91 Å². The smallest absolute Gasteiger partial charge is 0.272 e. The van der Waals surface area contributed by atoms with Crippen LogP contribution in [0.5, 0.6) is 0 Å². The third-order valence-electron chi connectivity index (χ3n) is 4.90. The number of fused-ring (bicyclic) bond motifs is 1. The average molecular weight is 384 g/mol. The van der Waals surface area contributed by atoms with Gasteiger partial charge in [0, 0.05) is 36.1 Å². The van der Waals surface area contributed by atoms with E-state index >= 15 is 0 Å². The monoisotopic (exact) mass is 383 g/mol. The number of ether oxygens (including phenoxy) is 1. The first kappa shape index (κ1) is 18.0. The number of rotatable bonds is 4. The summed E-state index contributed by atoms with van der Waals surface area (Å²) in [7, 11) is 0. The van der Waals surface area contributed by atoms with Crippen molar-refractivity contribution in [3.63, 3.8) is 0 Å². The molecule has 0 aliphatic carbocycles. The molecule has 0 unspecified atom stereocenters. The molecule has 0 atom stereocenters. The lowest BCUT2D eigenvalue weighted by molar-refractivity contribution is 0.0342. The Bertz CT molecular complexity index is 977. The fourth-order valence-corrected chi connectivity index (χ4v) is 3.64. The lowest BCUT2D eigenvalue weighted by Crippen LogP contribution is -2.36. The van der Waals surface area contributed by atoms with Crippen LogP contribution in [0.4, 0.5) is 5.69 Å². The zero-order chi connectivity index (χ0) is 18.8. The van der Waals surface area contributed by atoms with Gasteiger partial charge in [-0.2, -0.15) is 0 Å². The molecule has 0 bridgehead atoms. The number of H-pyrrole nitrogens is 1. The van der Waals surface area contributed by atoms with Crippen LogP contribution in [0.2, 0.25) is 5.02 Å². The van der Waals surface area contributed by atoms with Gasteiger partial charge < -0.3 is 15.0 Å². The predicted octanol–water partition coefficient (Wildman–Crippen LogP) is 4.21. The normalized spacial score (nSPS) is 15.2. The molecular weight excluding hydrogens is 362 g/mol. The highest BCUT2D eigenvalue weighted by molar-refractivity contribution is 6.33. The van der Waals surface area contributed by atoms with E-state index in [9.17, 15) is 4.79 Å². The molecule has 0 radical (unpaired) electrons. The molecule has 4 rings (SSSR count). The van der Waals surface area contributed by atoms with Crippen LogP contribution >= 0.6 is 11.6 Å². The second kappa shape index (κ2) is 7.72. The van der Waals surface area contributed by atoms with Gasteiger partial charge in [-0.15, -0.1) is 0 Å². The zero-order valence-electron chi connectivity index (χ0n) is 15.2. The fraction of sp³-hybridized carbons (Fsp3) is 0.286. The standard InChI is InChI=1S/C21H22ClN3O2/c1-14-6-7-15-16(13-25-8-10-27-11-9-25)20(23-19(15)12-14)21(26)24-18-5-3-2-4-17(18)22/h2-7,12,23H,8-11,13H2,1H3,(H,24,26). The molecule has 2 N–H and O–H groups in total. The molecule has 3 aromatic rings. The summed E-state index contributed by atoms with van der Waals surface area (Å²) in [5.41, 5.74) is 4.33. The molecule has 0 spiro atoms. The van der Waals surface area contributed by atoms with E-state index in [0.29, 0.717) is 22.9 Å². The first-order valence-electron chi connectivity index (χ1n) is 9.09. The van der Waals surface area contributed by atoms with Crippen molar-refractivity contribution in [3.8, 4) is 0 Å². The number of hydrogen-bond acceptors (Lipinski definition) is 3. The highest BCUT2D eigenvalue weighted by Gasteiger charge is 2.21. The third-order valence-corrected chi connectivity index (χ3v) is 5.23. The summed E-state index contributed by atoms with van der Waals surface area (Å²) in [5.74, 6) is -0.180. The van der Waals surface area contributed by atoms with Crippen LogP contribution in [-0.2, 0) is 11.3 Å². The van der Waals surface area contributed by atoms with Crippen molar-refractivity contribution >= 4 is 34.1 Å². The molecule has 1 amide bonds. The van der Waals surface area contributed by atoms with E-state index in [1.54, 1.807) is 12.1 Å². The number of nitrogens with zero attached hydrogens (tertiary/aromatic N) is 1. The number of hydrogen-bond donors (Lipinski definition) is 2. The molecule has 140 valence electrons. The number of aromatic amines is 1. The van der Waals surface area contributed by atoms with Crippen LogP contribution in [0.3, 0.4) is 0 Å². The first-order valence-corrected chi connectivity index (χ1v) is 9.47. The van der Waals surface area contributed by atoms with Crippen molar-refractivity contribution < 1.29 is 9.53 Å². The summed E-state index contributed by atoms with van der Waals surface area (Å²) in [6, 6.07) is 13.5. The largest absolute Gasteiger partial charge is 0.379 e. The first-order chi connectivity index (χ1) is 13.1. The van der Waals surface area contributed by atoms with E-state index in [1.165, 1.54) is 0 Å². The van der Waals surface area contributed by atoms with Gasteiger partial charge in [-0.05, 0) is 30.7 Å². The molecule has 1 fully saturated rings. The van der Waals surface area contributed by atoms with Gasteiger partial charge in [0.05, 0.1) is 23.9 Å². The number of aryl methyl sites for hydroxylation is 1. The zero-order valence-corrected chi connectivity index (χ0v) is 16.0. The van der Waals surface area contributed by atoms with Gasteiger partial charge in [0.1, 0.15) is 5.69 Å². The van der Waals surface area contributed by atoms with Crippen molar-refractivity contribution in [2.45, 2.75) is 13.5 Å². The number of para-hydroxylation sites is 1. The predicted molar refractivity (Wildman–Crippen MR) is 109 cm³/mol. The fourth-order valence-electron chi connectivity index (χ4n) is 3.46. The molecule has 2 heterocycles. The van der Waals surface area contributed by atoms with Gasteiger partial charge in [0.25, 0.3) is 5.91 Å². The highest BCUT2D eigenvalue weighted by Crippen LogP contribution is 2.27. The molecule has 2 aromatic carbocycles. The summed E-state index contributed by atoms with van der Waals surface area (Å²) in [6.45, 7) is 5.93. The molecule has 27 heavy (non-hydrogen) atoms. The Labute approximate surface area is 163 Å².